The van der Waals surface area contributed by atoms with Gasteiger partial charge in [0.2, 0.25) is 0 Å². The molecule has 1 atom stereocenters. The van der Waals surface area contributed by atoms with Crippen LogP contribution in [-0.2, 0) is 0 Å². The quantitative estimate of drug-likeness (QED) is 0.887. The van der Waals surface area contributed by atoms with Crippen LogP contribution in [0.15, 0.2) is 42.5 Å². The first-order valence-electron chi connectivity index (χ1n) is 5.78. The zero-order chi connectivity index (χ0) is 13.1. The summed E-state index contributed by atoms with van der Waals surface area (Å²) in [5.41, 5.74) is 1.38. The predicted octanol–water partition coefficient (Wildman–Crippen LogP) is 3.98. The van der Waals surface area contributed by atoms with E-state index in [4.69, 9.17) is 4.74 Å². The third-order valence-electron chi connectivity index (χ3n) is 2.73. The third-order valence-corrected chi connectivity index (χ3v) is 2.73. The zero-order valence-corrected chi connectivity index (χ0v) is 10.4. The van der Waals surface area contributed by atoms with Crippen molar-refractivity contribution in [2.24, 2.45) is 0 Å². The SMILES string of the molecule is Cc1cc(Oc2ccc([C@@H](C)O)cc2)ccc1F. The van der Waals surface area contributed by atoms with Gasteiger partial charge in [-0.15, -0.1) is 0 Å². The molecule has 0 fully saturated rings. The van der Waals surface area contributed by atoms with E-state index in [1.807, 2.05) is 0 Å². The van der Waals surface area contributed by atoms with Crippen LogP contribution in [0.2, 0.25) is 0 Å². The van der Waals surface area contributed by atoms with Crippen molar-refractivity contribution in [3.05, 3.63) is 59.4 Å². The molecule has 0 aliphatic rings. The summed E-state index contributed by atoms with van der Waals surface area (Å²) in [7, 11) is 0. The number of benzene rings is 2. The Bertz CT molecular complexity index is 533. The monoisotopic (exact) mass is 246 g/mol. The van der Waals surface area contributed by atoms with E-state index < -0.39 is 6.10 Å². The molecule has 0 saturated heterocycles. The van der Waals surface area contributed by atoms with E-state index in [-0.39, 0.29) is 5.82 Å². The Balaban J connectivity index is 2.15. The molecule has 2 nitrogen and oxygen atoms in total. The van der Waals surface area contributed by atoms with Gasteiger partial charge in [-0.3, -0.25) is 0 Å². The summed E-state index contributed by atoms with van der Waals surface area (Å²) in [6.07, 6.45) is -0.493. The van der Waals surface area contributed by atoms with Crippen LogP contribution in [0.1, 0.15) is 24.2 Å². The van der Waals surface area contributed by atoms with Gasteiger partial charge in [-0.1, -0.05) is 12.1 Å². The van der Waals surface area contributed by atoms with Gasteiger partial charge in [0.1, 0.15) is 17.3 Å². The standard InChI is InChI=1S/C15H15FO2/c1-10-9-14(7-8-15(10)16)18-13-5-3-12(4-6-13)11(2)17/h3-9,11,17H,1-2H3/t11-/m1/s1. The second-order valence-electron chi connectivity index (χ2n) is 4.26. The maximum Gasteiger partial charge on any atom is 0.127 e. The topological polar surface area (TPSA) is 29.5 Å². The average Bonchev–Trinajstić information content (AvgIpc) is 2.34. The highest BCUT2D eigenvalue weighted by molar-refractivity contribution is 5.35. The Labute approximate surface area is 106 Å². The molecular formula is C15H15FO2. The van der Waals surface area contributed by atoms with Gasteiger partial charge in [-0.2, -0.15) is 0 Å². The van der Waals surface area contributed by atoms with Crippen LogP contribution in [0.5, 0.6) is 11.5 Å². The van der Waals surface area contributed by atoms with Crippen molar-refractivity contribution in [1.29, 1.82) is 0 Å². The summed E-state index contributed by atoms with van der Waals surface area (Å²) in [6.45, 7) is 3.40. The molecule has 2 aromatic carbocycles. The summed E-state index contributed by atoms with van der Waals surface area (Å²) >= 11 is 0. The lowest BCUT2D eigenvalue weighted by Crippen LogP contribution is -1.91. The van der Waals surface area contributed by atoms with Crippen molar-refractivity contribution in [1.82, 2.24) is 0 Å². The Hall–Kier alpha value is -1.87. The molecule has 3 heteroatoms. The third kappa shape index (κ3) is 2.87. The number of aryl methyl sites for hydroxylation is 1. The minimum atomic E-state index is -0.493. The lowest BCUT2D eigenvalue weighted by molar-refractivity contribution is 0.199. The molecule has 0 bridgehead atoms. The van der Waals surface area contributed by atoms with Crippen LogP contribution in [0.4, 0.5) is 4.39 Å². The average molecular weight is 246 g/mol. The molecule has 0 amide bonds. The molecule has 0 aromatic heterocycles. The number of aliphatic hydroxyl groups excluding tert-OH is 1. The predicted molar refractivity (Wildman–Crippen MR) is 68.3 cm³/mol. The second-order valence-corrected chi connectivity index (χ2v) is 4.26. The lowest BCUT2D eigenvalue weighted by atomic mass is 10.1. The molecule has 0 aliphatic heterocycles. The Morgan fingerprint density at radius 2 is 1.67 bits per heavy atom. The Kier molecular flexibility index (Phi) is 3.63. The van der Waals surface area contributed by atoms with Crippen molar-refractivity contribution in [2.75, 3.05) is 0 Å². The van der Waals surface area contributed by atoms with E-state index in [0.29, 0.717) is 17.1 Å². The van der Waals surface area contributed by atoms with E-state index in [1.54, 1.807) is 50.2 Å². The van der Waals surface area contributed by atoms with Crippen LogP contribution < -0.4 is 4.74 Å². The molecule has 2 aromatic rings. The summed E-state index contributed by atoms with van der Waals surface area (Å²) in [5.74, 6) is 1.01. The first kappa shape index (κ1) is 12.6. The summed E-state index contributed by atoms with van der Waals surface area (Å²) in [5, 5.41) is 9.39. The zero-order valence-electron chi connectivity index (χ0n) is 10.4. The highest BCUT2D eigenvalue weighted by atomic mass is 19.1. The van der Waals surface area contributed by atoms with Gasteiger partial charge in [-0.05, 0) is 55.3 Å². The molecule has 2 rings (SSSR count). The lowest BCUT2D eigenvalue weighted by Gasteiger charge is -2.09. The van der Waals surface area contributed by atoms with Gasteiger partial charge in [0, 0.05) is 0 Å². The highest BCUT2D eigenvalue weighted by Crippen LogP contribution is 2.24. The molecule has 0 spiro atoms. The van der Waals surface area contributed by atoms with Gasteiger partial charge in [-0.25, -0.2) is 4.39 Å². The number of rotatable bonds is 3. The highest BCUT2D eigenvalue weighted by Gasteiger charge is 2.03. The number of halogens is 1. The minimum absolute atomic E-state index is 0.244. The maximum atomic E-state index is 13.1. The van der Waals surface area contributed by atoms with E-state index >= 15 is 0 Å². The Morgan fingerprint density at radius 3 is 2.22 bits per heavy atom. The Morgan fingerprint density at radius 1 is 1.06 bits per heavy atom. The van der Waals surface area contributed by atoms with Crippen molar-refractivity contribution >= 4 is 0 Å². The molecule has 1 N–H and O–H groups in total. The first-order valence-corrected chi connectivity index (χ1v) is 5.78. The summed E-state index contributed by atoms with van der Waals surface area (Å²) in [4.78, 5) is 0. The van der Waals surface area contributed by atoms with Crippen molar-refractivity contribution < 1.29 is 14.2 Å². The molecule has 0 radical (unpaired) electrons. The van der Waals surface area contributed by atoms with Gasteiger partial charge in [0.05, 0.1) is 6.10 Å². The number of aliphatic hydroxyl groups is 1. The van der Waals surface area contributed by atoms with Gasteiger partial charge < -0.3 is 9.84 Å². The van der Waals surface area contributed by atoms with Gasteiger partial charge in [0.25, 0.3) is 0 Å². The summed E-state index contributed by atoms with van der Waals surface area (Å²) in [6, 6.07) is 11.8. The normalized spacial score (nSPS) is 12.2. The van der Waals surface area contributed by atoms with E-state index in [9.17, 15) is 9.50 Å². The molecule has 0 unspecified atom stereocenters. The summed E-state index contributed by atoms with van der Waals surface area (Å²) < 4.78 is 18.7. The van der Waals surface area contributed by atoms with E-state index in [2.05, 4.69) is 0 Å². The van der Waals surface area contributed by atoms with Crippen LogP contribution in [-0.4, -0.2) is 5.11 Å². The van der Waals surface area contributed by atoms with E-state index in [0.717, 1.165) is 5.56 Å². The van der Waals surface area contributed by atoms with Crippen molar-refractivity contribution in [3.63, 3.8) is 0 Å². The fourth-order valence-electron chi connectivity index (χ4n) is 1.63. The smallest absolute Gasteiger partial charge is 0.127 e. The number of hydrogen-bond donors (Lipinski definition) is 1. The van der Waals surface area contributed by atoms with Crippen LogP contribution >= 0.6 is 0 Å². The van der Waals surface area contributed by atoms with Gasteiger partial charge >= 0.3 is 0 Å². The molecule has 0 aliphatic carbocycles. The first-order chi connectivity index (χ1) is 8.56. The minimum Gasteiger partial charge on any atom is -0.457 e. The fraction of sp³-hybridized carbons (Fsp3) is 0.200. The van der Waals surface area contributed by atoms with E-state index in [1.165, 1.54) is 6.07 Å². The van der Waals surface area contributed by atoms with Crippen LogP contribution in [0, 0.1) is 12.7 Å². The molecule has 18 heavy (non-hydrogen) atoms. The molecule has 94 valence electrons. The second kappa shape index (κ2) is 5.19. The van der Waals surface area contributed by atoms with Gasteiger partial charge in [0.15, 0.2) is 0 Å². The van der Waals surface area contributed by atoms with Crippen LogP contribution in [0.25, 0.3) is 0 Å². The van der Waals surface area contributed by atoms with Crippen molar-refractivity contribution in [2.45, 2.75) is 20.0 Å². The fourth-order valence-corrected chi connectivity index (χ4v) is 1.63. The molecular weight excluding hydrogens is 231 g/mol. The number of ether oxygens (including phenoxy) is 1. The molecule has 0 heterocycles. The molecule has 0 saturated carbocycles. The largest absolute Gasteiger partial charge is 0.457 e. The maximum absolute atomic E-state index is 13.1. The number of hydrogen-bond acceptors (Lipinski definition) is 2. The van der Waals surface area contributed by atoms with Crippen molar-refractivity contribution in [3.8, 4) is 11.5 Å². The van der Waals surface area contributed by atoms with Crippen LogP contribution in [0.3, 0.4) is 0 Å².